The first-order chi connectivity index (χ1) is 12.9. The number of ether oxygens (including phenoxy) is 1. The zero-order chi connectivity index (χ0) is 19.4. The quantitative estimate of drug-likeness (QED) is 0.810. The van der Waals surface area contributed by atoms with Crippen molar-refractivity contribution in [1.82, 2.24) is 10.2 Å². The second-order valence-corrected chi connectivity index (χ2v) is 7.73. The minimum absolute atomic E-state index is 0.00854. The first kappa shape index (κ1) is 18.9. The van der Waals surface area contributed by atoms with Gasteiger partial charge in [-0.15, -0.1) is 4.40 Å². The number of amides is 1. The number of rotatable bonds is 6. The summed E-state index contributed by atoms with van der Waals surface area (Å²) in [6.07, 6.45) is 0.637. The summed E-state index contributed by atoms with van der Waals surface area (Å²) >= 11 is 0. The standard InChI is InChI=1S/C19H21N3O4S/c1-22(19-15-8-4-6-10-17(15)27(24,25)21-19)13-18(23)20-12-11-14-7-3-5-9-16(14)26-2/h3-10H,11-13H2,1-2H3,(H,20,23). The Morgan fingerprint density at radius 2 is 1.85 bits per heavy atom. The molecule has 1 amide bonds. The summed E-state index contributed by atoms with van der Waals surface area (Å²) in [5.74, 6) is 0.855. The lowest BCUT2D eigenvalue weighted by Crippen LogP contribution is -2.39. The third-order valence-electron chi connectivity index (χ3n) is 4.26. The maximum Gasteiger partial charge on any atom is 0.285 e. The number of nitrogens with one attached hydrogen (secondary N) is 1. The van der Waals surface area contributed by atoms with Crippen LogP contribution in [0.1, 0.15) is 11.1 Å². The van der Waals surface area contributed by atoms with Crippen molar-refractivity contribution in [2.45, 2.75) is 11.3 Å². The van der Waals surface area contributed by atoms with Gasteiger partial charge in [0.15, 0.2) is 5.84 Å². The Balaban J connectivity index is 1.59. The first-order valence-electron chi connectivity index (χ1n) is 8.46. The van der Waals surface area contributed by atoms with Gasteiger partial charge in [0, 0.05) is 19.2 Å². The Morgan fingerprint density at radius 1 is 1.15 bits per heavy atom. The van der Waals surface area contributed by atoms with Crippen LogP contribution in [0, 0.1) is 0 Å². The second-order valence-electron chi connectivity index (χ2n) is 6.15. The maximum absolute atomic E-state index is 12.2. The third-order valence-corrected chi connectivity index (χ3v) is 5.59. The van der Waals surface area contributed by atoms with Crippen LogP contribution in [0.2, 0.25) is 0 Å². The van der Waals surface area contributed by atoms with Gasteiger partial charge in [0.05, 0.1) is 13.7 Å². The van der Waals surface area contributed by atoms with E-state index in [0.717, 1.165) is 11.3 Å². The van der Waals surface area contributed by atoms with E-state index >= 15 is 0 Å². The first-order valence-corrected chi connectivity index (χ1v) is 9.90. The highest BCUT2D eigenvalue weighted by molar-refractivity contribution is 7.90. The topological polar surface area (TPSA) is 88.1 Å². The van der Waals surface area contributed by atoms with Gasteiger partial charge in [0.25, 0.3) is 10.0 Å². The van der Waals surface area contributed by atoms with Crippen LogP contribution in [-0.2, 0) is 21.2 Å². The maximum atomic E-state index is 12.2. The Hall–Kier alpha value is -2.87. The lowest BCUT2D eigenvalue weighted by Gasteiger charge is -2.18. The van der Waals surface area contributed by atoms with Gasteiger partial charge in [-0.25, -0.2) is 0 Å². The van der Waals surface area contributed by atoms with E-state index in [1.807, 2.05) is 24.3 Å². The highest BCUT2D eigenvalue weighted by atomic mass is 32.2. The zero-order valence-electron chi connectivity index (χ0n) is 15.2. The number of amidine groups is 1. The van der Waals surface area contributed by atoms with Gasteiger partial charge >= 0.3 is 0 Å². The number of fused-ring (bicyclic) bond motifs is 1. The van der Waals surface area contributed by atoms with Gasteiger partial charge < -0.3 is 15.0 Å². The van der Waals surface area contributed by atoms with E-state index in [1.165, 1.54) is 6.07 Å². The predicted octanol–water partition coefficient (Wildman–Crippen LogP) is 1.43. The molecule has 1 aliphatic rings. The van der Waals surface area contributed by atoms with Gasteiger partial charge in [-0.2, -0.15) is 8.42 Å². The van der Waals surface area contributed by atoms with Crippen molar-refractivity contribution in [3.8, 4) is 5.75 Å². The van der Waals surface area contributed by atoms with Crippen molar-refractivity contribution >= 4 is 21.8 Å². The Morgan fingerprint density at radius 3 is 2.63 bits per heavy atom. The number of carbonyl (C=O) groups is 1. The number of methoxy groups -OCH3 is 1. The molecular formula is C19H21N3O4S. The van der Waals surface area contributed by atoms with E-state index in [0.29, 0.717) is 18.5 Å². The van der Waals surface area contributed by atoms with E-state index in [4.69, 9.17) is 4.74 Å². The summed E-state index contributed by atoms with van der Waals surface area (Å²) in [6.45, 7) is 0.461. The molecule has 3 rings (SSSR count). The number of carbonyl (C=O) groups excluding carboxylic acids is 1. The molecule has 0 bridgehead atoms. The molecule has 0 saturated carbocycles. The van der Waals surface area contributed by atoms with E-state index in [9.17, 15) is 13.2 Å². The highest BCUT2D eigenvalue weighted by Crippen LogP contribution is 2.26. The molecule has 1 heterocycles. The van der Waals surface area contributed by atoms with Crippen LogP contribution >= 0.6 is 0 Å². The molecule has 8 heteroatoms. The van der Waals surface area contributed by atoms with Crippen LogP contribution in [0.3, 0.4) is 0 Å². The summed E-state index contributed by atoms with van der Waals surface area (Å²) in [5, 5.41) is 2.84. The van der Waals surface area contributed by atoms with Gasteiger partial charge in [-0.1, -0.05) is 30.3 Å². The van der Waals surface area contributed by atoms with Gasteiger partial charge in [0.1, 0.15) is 10.6 Å². The predicted molar refractivity (Wildman–Crippen MR) is 103 cm³/mol. The molecule has 0 aliphatic carbocycles. The molecule has 0 fully saturated rings. The Bertz CT molecular complexity index is 986. The molecule has 142 valence electrons. The SMILES string of the molecule is COc1ccccc1CCNC(=O)CN(C)C1=NS(=O)(=O)c2ccccc21. The number of para-hydroxylation sites is 1. The molecule has 0 spiro atoms. The molecular weight excluding hydrogens is 366 g/mol. The summed E-state index contributed by atoms with van der Waals surface area (Å²) in [5.41, 5.74) is 1.52. The van der Waals surface area contributed by atoms with Gasteiger partial charge in [0.2, 0.25) is 5.91 Å². The van der Waals surface area contributed by atoms with Crippen LogP contribution < -0.4 is 10.1 Å². The minimum Gasteiger partial charge on any atom is -0.496 e. The van der Waals surface area contributed by atoms with Crippen LogP contribution in [0.15, 0.2) is 57.8 Å². The largest absolute Gasteiger partial charge is 0.496 e. The highest BCUT2D eigenvalue weighted by Gasteiger charge is 2.30. The number of benzene rings is 2. The van der Waals surface area contributed by atoms with E-state index in [-0.39, 0.29) is 23.2 Å². The van der Waals surface area contributed by atoms with Crippen molar-refractivity contribution in [2.75, 3.05) is 27.2 Å². The lowest BCUT2D eigenvalue weighted by molar-refractivity contribution is -0.121. The molecule has 0 saturated heterocycles. The smallest absolute Gasteiger partial charge is 0.285 e. The van der Waals surface area contributed by atoms with Crippen molar-refractivity contribution in [3.63, 3.8) is 0 Å². The summed E-state index contributed by atoms with van der Waals surface area (Å²) < 4.78 is 33.3. The summed E-state index contributed by atoms with van der Waals surface area (Å²) in [6, 6.07) is 14.2. The van der Waals surface area contributed by atoms with Crippen molar-refractivity contribution in [1.29, 1.82) is 0 Å². The Labute approximate surface area is 158 Å². The fourth-order valence-electron chi connectivity index (χ4n) is 2.96. The second kappa shape index (κ2) is 7.79. The van der Waals surface area contributed by atoms with E-state index in [2.05, 4.69) is 9.71 Å². The van der Waals surface area contributed by atoms with Crippen LogP contribution in [0.25, 0.3) is 0 Å². The number of hydrogen-bond donors (Lipinski definition) is 1. The fraction of sp³-hybridized carbons (Fsp3) is 0.263. The molecule has 0 aromatic heterocycles. The molecule has 1 aliphatic heterocycles. The van der Waals surface area contributed by atoms with Crippen LogP contribution in [0.5, 0.6) is 5.75 Å². The molecule has 0 radical (unpaired) electrons. The summed E-state index contributed by atoms with van der Waals surface area (Å²) in [7, 11) is -0.435. The average Bonchev–Trinajstić information content (AvgIpc) is 2.94. The third kappa shape index (κ3) is 4.11. The van der Waals surface area contributed by atoms with Crippen molar-refractivity contribution in [3.05, 3.63) is 59.7 Å². The molecule has 0 atom stereocenters. The molecule has 27 heavy (non-hydrogen) atoms. The number of nitrogens with zero attached hydrogens (tertiary/aromatic N) is 2. The number of sulfonamides is 1. The van der Waals surface area contributed by atoms with Crippen molar-refractivity contribution in [2.24, 2.45) is 4.40 Å². The number of likely N-dealkylation sites (N-methyl/N-ethyl adjacent to an activating group) is 1. The van der Waals surface area contributed by atoms with E-state index < -0.39 is 10.0 Å². The molecule has 7 nitrogen and oxygen atoms in total. The lowest BCUT2D eigenvalue weighted by atomic mass is 10.1. The molecule has 1 N–H and O–H groups in total. The van der Waals surface area contributed by atoms with Crippen LogP contribution in [0.4, 0.5) is 0 Å². The zero-order valence-corrected chi connectivity index (χ0v) is 16.0. The molecule has 2 aromatic rings. The molecule has 2 aromatic carbocycles. The normalized spacial score (nSPS) is 14.2. The Kier molecular flexibility index (Phi) is 5.46. The monoisotopic (exact) mass is 387 g/mol. The summed E-state index contributed by atoms with van der Waals surface area (Å²) in [4.78, 5) is 14.0. The minimum atomic E-state index is -3.70. The van der Waals surface area contributed by atoms with Gasteiger partial charge in [-0.3, -0.25) is 4.79 Å². The average molecular weight is 387 g/mol. The van der Waals surface area contributed by atoms with Crippen molar-refractivity contribution < 1.29 is 17.9 Å². The van der Waals surface area contributed by atoms with E-state index in [1.54, 1.807) is 37.3 Å². The molecule has 0 unspecified atom stereocenters. The fourth-order valence-corrected chi connectivity index (χ4v) is 4.21. The number of hydrogen-bond acceptors (Lipinski definition) is 5. The van der Waals surface area contributed by atoms with Gasteiger partial charge in [-0.05, 0) is 30.2 Å². The van der Waals surface area contributed by atoms with Crippen LogP contribution in [-0.4, -0.2) is 52.3 Å².